The lowest BCUT2D eigenvalue weighted by Crippen LogP contribution is -2.02. The third kappa shape index (κ3) is 3.57. The molecule has 0 saturated carbocycles. The molecule has 0 aliphatic rings. The molecule has 0 radical (unpaired) electrons. The zero-order valence-corrected chi connectivity index (χ0v) is 11.6. The summed E-state index contributed by atoms with van der Waals surface area (Å²) in [5.41, 5.74) is 1.65. The van der Waals surface area contributed by atoms with Gasteiger partial charge in [-0.15, -0.1) is 0 Å². The van der Waals surface area contributed by atoms with Gasteiger partial charge < -0.3 is 9.47 Å². The van der Waals surface area contributed by atoms with Crippen molar-refractivity contribution in [3.05, 3.63) is 53.9 Å². The van der Waals surface area contributed by atoms with Gasteiger partial charge in [0, 0.05) is 30.4 Å². The molecule has 0 fully saturated rings. The van der Waals surface area contributed by atoms with Gasteiger partial charge in [0.25, 0.3) is 0 Å². The van der Waals surface area contributed by atoms with Gasteiger partial charge in [-0.3, -0.25) is 9.78 Å². The van der Waals surface area contributed by atoms with Crippen LogP contribution in [0.1, 0.15) is 22.3 Å². The van der Waals surface area contributed by atoms with Crippen molar-refractivity contribution in [1.29, 1.82) is 0 Å². The third-order valence-corrected chi connectivity index (χ3v) is 3.04. The molecule has 20 heavy (non-hydrogen) atoms. The predicted octanol–water partition coefficient (Wildman–Crippen LogP) is 2.91. The fraction of sp³-hybridized carbons (Fsp3) is 0.250. The summed E-state index contributed by atoms with van der Waals surface area (Å²) in [7, 11) is 3.14. The zero-order valence-electron chi connectivity index (χ0n) is 11.6. The normalized spacial score (nSPS) is 10.1. The summed E-state index contributed by atoms with van der Waals surface area (Å²) in [6.07, 6.45) is 4.60. The fourth-order valence-corrected chi connectivity index (χ4v) is 1.92. The number of hydrogen-bond donors (Lipinski definition) is 0. The summed E-state index contributed by atoms with van der Waals surface area (Å²) in [4.78, 5) is 16.3. The maximum absolute atomic E-state index is 12.2. The van der Waals surface area contributed by atoms with Gasteiger partial charge in [-0.25, -0.2) is 0 Å². The maximum Gasteiger partial charge on any atom is 0.163 e. The molecule has 0 atom stereocenters. The molecular formula is C16H17NO3. The SMILES string of the molecule is COc1cc(OC)cc(C(=O)CCc2cccnc2)c1. The predicted molar refractivity (Wildman–Crippen MR) is 76.4 cm³/mol. The molecule has 2 aromatic rings. The topological polar surface area (TPSA) is 48.4 Å². The Morgan fingerprint density at radius 3 is 2.40 bits per heavy atom. The number of aromatic nitrogens is 1. The van der Waals surface area contributed by atoms with E-state index in [1.165, 1.54) is 0 Å². The highest BCUT2D eigenvalue weighted by Gasteiger charge is 2.10. The minimum Gasteiger partial charge on any atom is -0.497 e. The zero-order chi connectivity index (χ0) is 14.4. The van der Waals surface area contributed by atoms with Gasteiger partial charge in [-0.05, 0) is 30.2 Å². The summed E-state index contributed by atoms with van der Waals surface area (Å²) in [5.74, 6) is 1.30. The first-order valence-electron chi connectivity index (χ1n) is 6.38. The number of ketones is 1. The molecule has 0 amide bonds. The largest absolute Gasteiger partial charge is 0.497 e. The Balaban J connectivity index is 2.08. The second-order valence-electron chi connectivity index (χ2n) is 4.39. The Morgan fingerprint density at radius 2 is 1.85 bits per heavy atom. The summed E-state index contributed by atoms with van der Waals surface area (Å²) in [6, 6.07) is 9.04. The van der Waals surface area contributed by atoms with Crippen LogP contribution in [0.15, 0.2) is 42.7 Å². The molecular weight excluding hydrogens is 254 g/mol. The van der Waals surface area contributed by atoms with Crippen LogP contribution in [0.4, 0.5) is 0 Å². The lowest BCUT2D eigenvalue weighted by atomic mass is 10.0. The van der Waals surface area contributed by atoms with E-state index < -0.39 is 0 Å². The molecule has 0 saturated heterocycles. The molecule has 0 N–H and O–H groups in total. The maximum atomic E-state index is 12.2. The molecule has 104 valence electrons. The smallest absolute Gasteiger partial charge is 0.163 e. The Hall–Kier alpha value is -2.36. The summed E-state index contributed by atoms with van der Waals surface area (Å²) in [6.45, 7) is 0. The van der Waals surface area contributed by atoms with Crippen LogP contribution in [0.5, 0.6) is 11.5 Å². The third-order valence-electron chi connectivity index (χ3n) is 3.04. The first kappa shape index (κ1) is 14.1. The standard InChI is InChI=1S/C16H17NO3/c1-19-14-8-13(9-15(10-14)20-2)16(18)6-5-12-4-3-7-17-11-12/h3-4,7-11H,5-6H2,1-2H3. The van der Waals surface area contributed by atoms with Gasteiger partial charge in [-0.2, -0.15) is 0 Å². The molecule has 0 spiro atoms. The number of carbonyl (C=O) groups excluding carboxylic acids is 1. The molecule has 1 aromatic carbocycles. The number of hydrogen-bond acceptors (Lipinski definition) is 4. The Bertz CT molecular complexity index is 559. The van der Waals surface area contributed by atoms with Crippen LogP contribution in [0.3, 0.4) is 0 Å². The van der Waals surface area contributed by atoms with Crippen LogP contribution in [-0.4, -0.2) is 25.0 Å². The van der Waals surface area contributed by atoms with Crippen molar-refractivity contribution >= 4 is 5.78 Å². The van der Waals surface area contributed by atoms with Crippen molar-refractivity contribution < 1.29 is 14.3 Å². The first-order chi connectivity index (χ1) is 9.72. The lowest BCUT2D eigenvalue weighted by Gasteiger charge is -2.08. The number of methoxy groups -OCH3 is 2. The lowest BCUT2D eigenvalue weighted by molar-refractivity contribution is 0.0982. The van der Waals surface area contributed by atoms with E-state index in [0.717, 1.165) is 5.56 Å². The molecule has 0 unspecified atom stereocenters. The average molecular weight is 271 g/mol. The van der Waals surface area contributed by atoms with E-state index in [9.17, 15) is 4.79 Å². The van der Waals surface area contributed by atoms with E-state index in [2.05, 4.69) is 4.98 Å². The van der Waals surface area contributed by atoms with Crippen molar-refractivity contribution in [1.82, 2.24) is 4.98 Å². The van der Waals surface area contributed by atoms with Crippen LogP contribution in [0.25, 0.3) is 0 Å². The first-order valence-corrected chi connectivity index (χ1v) is 6.38. The number of ether oxygens (including phenoxy) is 2. The number of rotatable bonds is 6. The van der Waals surface area contributed by atoms with Crippen LogP contribution in [-0.2, 0) is 6.42 Å². The van der Waals surface area contributed by atoms with Crippen molar-refractivity contribution in [2.45, 2.75) is 12.8 Å². The van der Waals surface area contributed by atoms with Gasteiger partial charge in [0.2, 0.25) is 0 Å². The number of pyridine rings is 1. The Kier molecular flexibility index (Phi) is 4.71. The quantitative estimate of drug-likeness (QED) is 0.758. The summed E-state index contributed by atoms with van der Waals surface area (Å²) in [5, 5.41) is 0. The number of benzene rings is 1. The van der Waals surface area contributed by atoms with E-state index >= 15 is 0 Å². The van der Waals surface area contributed by atoms with Crippen LogP contribution < -0.4 is 9.47 Å². The Labute approximate surface area is 118 Å². The van der Waals surface area contributed by atoms with Crippen LogP contribution in [0.2, 0.25) is 0 Å². The highest BCUT2D eigenvalue weighted by Crippen LogP contribution is 2.23. The molecule has 0 bridgehead atoms. The Morgan fingerprint density at radius 1 is 1.15 bits per heavy atom. The van der Waals surface area contributed by atoms with Gasteiger partial charge in [-0.1, -0.05) is 6.07 Å². The minimum atomic E-state index is 0.0612. The van der Waals surface area contributed by atoms with E-state index in [1.807, 2.05) is 12.1 Å². The second kappa shape index (κ2) is 6.70. The van der Waals surface area contributed by atoms with Crippen molar-refractivity contribution in [3.63, 3.8) is 0 Å². The minimum absolute atomic E-state index is 0.0612. The molecule has 0 aliphatic carbocycles. The highest BCUT2D eigenvalue weighted by atomic mass is 16.5. The summed E-state index contributed by atoms with van der Waals surface area (Å²) < 4.78 is 10.3. The molecule has 0 aliphatic heterocycles. The van der Waals surface area contributed by atoms with Crippen LogP contribution in [0, 0.1) is 0 Å². The van der Waals surface area contributed by atoms with Gasteiger partial charge in [0.05, 0.1) is 14.2 Å². The van der Waals surface area contributed by atoms with Crippen molar-refractivity contribution in [2.75, 3.05) is 14.2 Å². The summed E-state index contributed by atoms with van der Waals surface area (Å²) >= 11 is 0. The average Bonchev–Trinajstić information content (AvgIpc) is 2.52. The molecule has 1 heterocycles. The van der Waals surface area contributed by atoms with Gasteiger partial charge >= 0.3 is 0 Å². The molecule has 4 nitrogen and oxygen atoms in total. The molecule has 4 heteroatoms. The number of aryl methyl sites for hydroxylation is 1. The second-order valence-corrected chi connectivity index (χ2v) is 4.39. The van der Waals surface area contributed by atoms with E-state index in [1.54, 1.807) is 44.8 Å². The number of nitrogens with zero attached hydrogens (tertiary/aromatic N) is 1. The van der Waals surface area contributed by atoms with Crippen molar-refractivity contribution in [2.24, 2.45) is 0 Å². The van der Waals surface area contributed by atoms with Gasteiger partial charge in [0.1, 0.15) is 11.5 Å². The highest BCUT2D eigenvalue weighted by molar-refractivity contribution is 5.97. The van der Waals surface area contributed by atoms with E-state index in [4.69, 9.17) is 9.47 Å². The van der Waals surface area contributed by atoms with E-state index in [-0.39, 0.29) is 5.78 Å². The fourth-order valence-electron chi connectivity index (χ4n) is 1.92. The van der Waals surface area contributed by atoms with Crippen LogP contribution >= 0.6 is 0 Å². The van der Waals surface area contributed by atoms with E-state index in [0.29, 0.717) is 29.9 Å². The number of Topliss-reactive ketones (excluding diaryl/α,β-unsaturated/α-hetero) is 1. The monoisotopic (exact) mass is 271 g/mol. The molecule has 2 rings (SSSR count). The van der Waals surface area contributed by atoms with Gasteiger partial charge in [0.15, 0.2) is 5.78 Å². The molecule has 1 aromatic heterocycles. The number of carbonyl (C=O) groups is 1. The van der Waals surface area contributed by atoms with Crippen molar-refractivity contribution in [3.8, 4) is 11.5 Å².